The van der Waals surface area contributed by atoms with Crippen molar-refractivity contribution in [3.8, 4) is 0 Å². The summed E-state index contributed by atoms with van der Waals surface area (Å²) >= 11 is 0. The Morgan fingerprint density at radius 3 is 2.35 bits per heavy atom. The lowest BCUT2D eigenvalue weighted by Gasteiger charge is -2.39. The maximum Gasteiger partial charge on any atom is 0.231 e. The summed E-state index contributed by atoms with van der Waals surface area (Å²) < 4.78 is 25.0. The third kappa shape index (κ3) is 3.10. The SMILES string of the molecule is CS(=O)(=O)Nc1ccccc1NC(=O)C1(CN)CCC1. The summed E-state index contributed by atoms with van der Waals surface area (Å²) in [6.45, 7) is 0.306. The summed E-state index contributed by atoms with van der Waals surface area (Å²) in [6, 6.07) is 6.70. The topological polar surface area (TPSA) is 101 Å². The second-order valence-electron chi connectivity index (χ2n) is 5.21. The molecule has 2 rings (SSSR count). The largest absolute Gasteiger partial charge is 0.329 e. The molecule has 1 aromatic carbocycles. The smallest absolute Gasteiger partial charge is 0.231 e. The molecule has 1 amide bonds. The quantitative estimate of drug-likeness (QED) is 0.758. The number of sulfonamides is 1. The van der Waals surface area contributed by atoms with Crippen molar-refractivity contribution in [3.05, 3.63) is 24.3 Å². The fourth-order valence-corrected chi connectivity index (χ4v) is 2.84. The maximum absolute atomic E-state index is 12.3. The summed E-state index contributed by atoms with van der Waals surface area (Å²) in [5.41, 5.74) is 5.99. The Balaban J connectivity index is 2.19. The molecule has 4 N–H and O–H groups in total. The molecule has 1 aliphatic carbocycles. The number of nitrogens with two attached hydrogens (primary N) is 1. The molecular formula is C13H19N3O3S. The molecule has 0 spiro atoms. The number of hydrogen-bond acceptors (Lipinski definition) is 4. The predicted molar refractivity (Wildman–Crippen MR) is 78.9 cm³/mol. The van der Waals surface area contributed by atoms with Gasteiger partial charge in [-0.25, -0.2) is 8.42 Å². The monoisotopic (exact) mass is 297 g/mol. The van der Waals surface area contributed by atoms with E-state index in [0.717, 1.165) is 25.5 Å². The van der Waals surface area contributed by atoms with Gasteiger partial charge in [-0.15, -0.1) is 0 Å². The van der Waals surface area contributed by atoms with Gasteiger partial charge in [-0.2, -0.15) is 0 Å². The summed E-state index contributed by atoms with van der Waals surface area (Å²) in [5, 5.41) is 2.78. The van der Waals surface area contributed by atoms with Crippen LogP contribution in [0.25, 0.3) is 0 Å². The second kappa shape index (κ2) is 5.41. The lowest BCUT2D eigenvalue weighted by atomic mass is 9.68. The maximum atomic E-state index is 12.3. The van der Waals surface area contributed by atoms with Crippen LogP contribution in [0.4, 0.5) is 11.4 Å². The first kappa shape index (κ1) is 14.8. The summed E-state index contributed by atoms with van der Waals surface area (Å²) in [5.74, 6) is -0.144. The van der Waals surface area contributed by atoms with Gasteiger partial charge in [-0.1, -0.05) is 18.6 Å². The van der Waals surface area contributed by atoms with Crippen molar-refractivity contribution in [2.75, 3.05) is 22.8 Å². The molecule has 1 aliphatic rings. The van der Waals surface area contributed by atoms with Crippen LogP contribution >= 0.6 is 0 Å². The highest BCUT2D eigenvalue weighted by Crippen LogP contribution is 2.41. The molecule has 0 bridgehead atoms. The van der Waals surface area contributed by atoms with E-state index in [-0.39, 0.29) is 5.91 Å². The first-order valence-electron chi connectivity index (χ1n) is 6.45. The minimum absolute atomic E-state index is 0.144. The van der Waals surface area contributed by atoms with E-state index in [1.807, 2.05) is 0 Å². The van der Waals surface area contributed by atoms with Crippen LogP contribution in [0.1, 0.15) is 19.3 Å². The number of benzene rings is 1. The van der Waals surface area contributed by atoms with Crippen LogP contribution in [0.15, 0.2) is 24.3 Å². The molecule has 0 radical (unpaired) electrons. The Morgan fingerprint density at radius 1 is 1.30 bits per heavy atom. The molecule has 7 heteroatoms. The Hall–Kier alpha value is -1.60. The predicted octanol–water partition coefficient (Wildman–Crippen LogP) is 1.13. The normalized spacial score (nSPS) is 17.1. The number of para-hydroxylation sites is 2. The van der Waals surface area contributed by atoms with E-state index in [0.29, 0.717) is 17.9 Å². The number of anilines is 2. The molecule has 0 aromatic heterocycles. The van der Waals surface area contributed by atoms with Crippen LogP contribution in [-0.2, 0) is 14.8 Å². The fraction of sp³-hybridized carbons (Fsp3) is 0.462. The van der Waals surface area contributed by atoms with E-state index in [1.165, 1.54) is 0 Å². The Kier molecular flexibility index (Phi) is 4.01. The van der Waals surface area contributed by atoms with Crippen LogP contribution in [-0.4, -0.2) is 27.1 Å². The van der Waals surface area contributed by atoms with Gasteiger partial charge in [-0.05, 0) is 25.0 Å². The Morgan fingerprint density at radius 2 is 1.90 bits per heavy atom. The van der Waals surface area contributed by atoms with E-state index < -0.39 is 15.4 Å². The molecule has 0 saturated heterocycles. The third-order valence-corrected chi connectivity index (χ3v) is 4.24. The minimum Gasteiger partial charge on any atom is -0.329 e. The minimum atomic E-state index is -3.39. The lowest BCUT2D eigenvalue weighted by molar-refractivity contribution is -0.129. The summed E-state index contributed by atoms with van der Waals surface area (Å²) in [6.07, 6.45) is 3.61. The van der Waals surface area contributed by atoms with Crippen molar-refractivity contribution in [2.24, 2.45) is 11.1 Å². The second-order valence-corrected chi connectivity index (χ2v) is 6.96. The summed E-state index contributed by atoms with van der Waals surface area (Å²) in [4.78, 5) is 12.3. The average Bonchev–Trinajstić information content (AvgIpc) is 2.29. The van der Waals surface area contributed by atoms with E-state index in [4.69, 9.17) is 5.73 Å². The fourth-order valence-electron chi connectivity index (χ4n) is 2.26. The molecule has 0 heterocycles. The molecule has 20 heavy (non-hydrogen) atoms. The van der Waals surface area contributed by atoms with Gasteiger partial charge in [0.1, 0.15) is 0 Å². The van der Waals surface area contributed by atoms with Crippen molar-refractivity contribution in [2.45, 2.75) is 19.3 Å². The summed E-state index contributed by atoms with van der Waals surface area (Å²) in [7, 11) is -3.39. The third-order valence-electron chi connectivity index (χ3n) is 3.65. The van der Waals surface area contributed by atoms with Crippen molar-refractivity contribution in [1.29, 1.82) is 0 Å². The van der Waals surface area contributed by atoms with Gasteiger partial charge in [0.15, 0.2) is 0 Å². The first-order chi connectivity index (χ1) is 9.36. The number of nitrogens with one attached hydrogen (secondary N) is 2. The van der Waals surface area contributed by atoms with Gasteiger partial charge in [-0.3, -0.25) is 9.52 Å². The van der Waals surface area contributed by atoms with Gasteiger partial charge in [0.2, 0.25) is 15.9 Å². The van der Waals surface area contributed by atoms with Crippen LogP contribution in [0.5, 0.6) is 0 Å². The van der Waals surface area contributed by atoms with E-state index >= 15 is 0 Å². The molecular weight excluding hydrogens is 278 g/mol. The molecule has 110 valence electrons. The van der Waals surface area contributed by atoms with E-state index in [2.05, 4.69) is 10.0 Å². The number of amides is 1. The van der Waals surface area contributed by atoms with Crippen LogP contribution in [0, 0.1) is 5.41 Å². The van der Waals surface area contributed by atoms with E-state index in [9.17, 15) is 13.2 Å². The molecule has 1 aromatic rings. The molecule has 1 fully saturated rings. The van der Waals surface area contributed by atoms with Gasteiger partial charge >= 0.3 is 0 Å². The van der Waals surface area contributed by atoms with Crippen molar-refractivity contribution < 1.29 is 13.2 Å². The molecule has 1 saturated carbocycles. The standard InChI is InChI=1S/C13H19N3O3S/c1-20(18,19)16-11-6-3-2-5-10(11)15-12(17)13(9-14)7-4-8-13/h2-3,5-6,16H,4,7-9,14H2,1H3,(H,15,17). The number of hydrogen-bond donors (Lipinski definition) is 3. The highest BCUT2D eigenvalue weighted by Gasteiger charge is 2.42. The van der Waals surface area contributed by atoms with Crippen LogP contribution in [0.3, 0.4) is 0 Å². The average molecular weight is 297 g/mol. The number of carbonyl (C=O) groups is 1. The molecule has 0 unspecified atom stereocenters. The van der Waals surface area contributed by atoms with Crippen molar-refractivity contribution in [1.82, 2.24) is 0 Å². The first-order valence-corrected chi connectivity index (χ1v) is 8.34. The highest BCUT2D eigenvalue weighted by molar-refractivity contribution is 7.92. The molecule has 0 aliphatic heterocycles. The Bertz CT molecular complexity index is 604. The highest BCUT2D eigenvalue weighted by atomic mass is 32.2. The lowest BCUT2D eigenvalue weighted by Crippen LogP contribution is -2.47. The van der Waals surface area contributed by atoms with Gasteiger partial charge in [0.25, 0.3) is 0 Å². The number of carbonyl (C=O) groups excluding carboxylic acids is 1. The zero-order valence-corrected chi connectivity index (χ0v) is 12.2. The molecule has 6 nitrogen and oxygen atoms in total. The van der Waals surface area contributed by atoms with E-state index in [1.54, 1.807) is 24.3 Å². The van der Waals surface area contributed by atoms with Crippen LogP contribution < -0.4 is 15.8 Å². The Labute approximate surface area is 118 Å². The molecule has 0 atom stereocenters. The van der Waals surface area contributed by atoms with Crippen LogP contribution in [0.2, 0.25) is 0 Å². The van der Waals surface area contributed by atoms with Crippen molar-refractivity contribution >= 4 is 27.3 Å². The number of rotatable bonds is 5. The zero-order chi connectivity index (χ0) is 14.8. The zero-order valence-electron chi connectivity index (χ0n) is 11.3. The van der Waals surface area contributed by atoms with Gasteiger partial charge in [0, 0.05) is 6.54 Å². The van der Waals surface area contributed by atoms with Gasteiger partial charge < -0.3 is 11.1 Å². The van der Waals surface area contributed by atoms with Crippen molar-refractivity contribution in [3.63, 3.8) is 0 Å². The van der Waals surface area contributed by atoms with Gasteiger partial charge in [0.05, 0.1) is 23.0 Å².